The molecule has 1 N–H and O–H groups in total. The lowest BCUT2D eigenvalue weighted by Crippen LogP contribution is -2.54. The molecule has 1 aliphatic rings. The molecule has 1 fully saturated rings. The van der Waals surface area contributed by atoms with Gasteiger partial charge in [0.15, 0.2) is 0 Å². The number of benzene rings is 4. The monoisotopic (exact) mass is 617 g/mol. The van der Waals surface area contributed by atoms with Gasteiger partial charge in [-0.1, -0.05) is 103 Å². The molecule has 4 aromatic rings. The number of carbonyl (C=O) groups is 2. The van der Waals surface area contributed by atoms with Crippen molar-refractivity contribution in [2.24, 2.45) is 0 Å². The summed E-state index contributed by atoms with van der Waals surface area (Å²) in [6, 6.07) is 28.7. The molecule has 0 saturated heterocycles. The van der Waals surface area contributed by atoms with Gasteiger partial charge in [0.25, 0.3) is 0 Å². The molecular formula is C34H36ClN3O4S. The molecule has 0 aromatic heterocycles. The number of hydrogen-bond acceptors (Lipinski definition) is 4. The van der Waals surface area contributed by atoms with Crippen molar-refractivity contribution in [2.45, 2.75) is 50.7 Å². The maximum Gasteiger partial charge on any atom is 0.244 e. The molecule has 43 heavy (non-hydrogen) atoms. The summed E-state index contributed by atoms with van der Waals surface area (Å²) in [4.78, 5) is 29.9. The van der Waals surface area contributed by atoms with Crippen molar-refractivity contribution in [3.63, 3.8) is 0 Å². The van der Waals surface area contributed by atoms with Gasteiger partial charge in [-0.3, -0.25) is 13.9 Å². The van der Waals surface area contributed by atoms with Gasteiger partial charge in [-0.15, -0.1) is 0 Å². The molecule has 5 rings (SSSR count). The summed E-state index contributed by atoms with van der Waals surface area (Å²) in [5.41, 5.74) is 2.04. The zero-order valence-electron chi connectivity index (χ0n) is 24.2. The van der Waals surface area contributed by atoms with E-state index < -0.39 is 28.5 Å². The summed E-state index contributed by atoms with van der Waals surface area (Å²) in [5, 5.41) is 5.26. The van der Waals surface area contributed by atoms with E-state index in [9.17, 15) is 18.0 Å². The SMILES string of the molecule is CS(=O)(=O)N(CC(=O)N(Cc1cccc(Cl)c1)[C@@H](Cc1ccccc1)C(=O)NC1CCCC1)c1cccc2ccccc12. The fourth-order valence-electron chi connectivity index (χ4n) is 5.77. The van der Waals surface area contributed by atoms with Crippen LogP contribution in [0.5, 0.6) is 0 Å². The number of anilines is 1. The first-order valence-corrected chi connectivity index (χ1v) is 16.8. The van der Waals surface area contributed by atoms with Crippen LogP contribution >= 0.6 is 11.6 Å². The summed E-state index contributed by atoms with van der Waals surface area (Å²) in [6.07, 6.45) is 5.27. The Labute approximate surface area is 258 Å². The zero-order chi connectivity index (χ0) is 30.4. The zero-order valence-corrected chi connectivity index (χ0v) is 25.7. The van der Waals surface area contributed by atoms with Crippen molar-refractivity contribution in [1.82, 2.24) is 10.2 Å². The Morgan fingerprint density at radius 3 is 2.26 bits per heavy atom. The average Bonchev–Trinajstić information content (AvgIpc) is 3.50. The van der Waals surface area contributed by atoms with Crippen LogP contribution in [-0.2, 0) is 32.6 Å². The summed E-state index contributed by atoms with van der Waals surface area (Å²) >= 11 is 6.30. The summed E-state index contributed by atoms with van der Waals surface area (Å²) in [5.74, 6) is -0.733. The molecule has 0 unspecified atom stereocenters. The lowest BCUT2D eigenvalue weighted by molar-refractivity contribution is -0.140. The van der Waals surface area contributed by atoms with E-state index >= 15 is 0 Å². The van der Waals surface area contributed by atoms with Gasteiger partial charge < -0.3 is 10.2 Å². The summed E-state index contributed by atoms with van der Waals surface area (Å²) in [7, 11) is -3.88. The van der Waals surface area contributed by atoms with E-state index in [0.717, 1.165) is 52.8 Å². The maximum atomic E-state index is 14.4. The summed E-state index contributed by atoms with van der Waals surface area (Å²) < 4.78 is 27.6. The molecule has 9 heteroatoms. The number of halogens is 1. The number of nitrogens with one attached hydrogen (secondary N) is 1. The topological polar surface area (TPSA) is 86.8 Å². The van der Waals surface area contributed by atoms with Crippen molar-refractivity contribution >= 4 is 49.9 Å². The van der Waals surface area contributed by atoms with Gasteiger partial charge in [0.2, 0.25) is 21.8 Å². The van der Waals surface area contributed by atoms with Gasteiger partial charge in [-0.05, 0) is 47.6 Å². The molecule has 1 saturated carbocycles. The number of sulfonamides is 1. The van der Waals surface area contributed by atoms with E-state index in [-0.39, 0.29) is 24.9 Å². The lowest BCUT2D eigenvalue weighted by atomic mass is 10.0. The molecule has 4 aromatic carbocycles. The number of rotatable bonds is 11. The van der Waals surface area contributed by atoms with Gasteiger partial charge >= 0.3 is 0 Å². The highest BCUT2D eigenvalue weighted by Crippen LogP contribution is 2.29. The Morgan fingerprint density at radius 1 is 0.884 bits per heavy atom. The van der Waals surface area contributed by atoms with Crippen LogP contribution in [0.15, 0.2) is 97.1 Å². The van der Waals surface area contributed by atoms with Crippen LogP contribution in [0, 0.1) is 0 Å². The molecule has 0 radical (unpaired) electrons. The molecular weight excluding hydrogens is 582 g/mol. The highest BCUT2D eigenvalue weighted by Gasteiger charge is 2.34. The Kier molecular flexibility index (Phi) is 9.68. The number of nitrogens with zero attached hydrogens (tertiary/aromatic N) is 2. The molecule has 0 heterocycles. The van der Waals surface area contributed by atoms with Crippen LogP contribution in [0.25, 0.3) is 10.8 Å². The minimum absolute atomic E-state index is 0.0529. The molecule has 1 atom stereocenters. The molecule has 2 amide bonds. The van der Waals surface area contributed by atoms with Crippen molar-refractivity contribution in [3.8, 4) is 0 Å². The Balaban J connectivity index is 1.55. The van der Waals surface area contributed by atoms with E-state index in [1.54, 1.807) is 30.3 Å². The first-order chi connectivity index (χ1) is 20.7. The number of amides is 2. The smallest absolute Gasteiger partial charge is 0.244 e. The fraction of sp³-hybridized carbons (Fsp3) is 0.294. The highest BCUT2D eigenvalue weighted by molar-refractivity contribution is 7.92. The lowest BCUT2D eigenvalue weighted by Gasteiger charge is -2.34. The van der Waals surface area contributed by atoms with Crippen LogP contribution < -0.4 is 9.62 Å². The van der Waals surface area contributed by atoms with E-state index in [0.29, 0.717) is 16.1 Å². The number of hydrogen-bond donors (Lipinski definition) is 1. The highest BCUT2D eigenvalue weighted by atomic mass is 35.5. The van der Waals surface area contributed by atoms with E-state index in [2.05, 4.69) is 5.32 Å². The standard InChI is InChI=1S/C34H36ClN3O4S/c1-43(41,42)38(31-20-10-15-27-14-5-8-19-30(27)31)24-33(39)37(23-26-13-9-16-28(35)21-26)32(22-25-11-3-2-4-12-25)34(40)36-29-17-6-7-18-29/h2-5,8-16,19-21,29,32H,6-7,17-18,22-24H2,1H3,(H,36,40)/t32-/m0/s1. The quantitative estimate of drug-likeness (QED) is 0.225. The Hall–Kier alpha value is -3.88. The van der Waals surface area contributed by atoms with Crippen LogP contribution in [0.1, 0.15) is 36.8 Å². The van der Waals surface area contributed by atoms with Crippen LogP contribution in [-0.4, -0.2) is 50.0 Å². The van der Waals surface area contributed by atoms with Crippen molar-refractivity contribution in [2.75, 3.05) is 17.1 Å². The van der Waals surface area contributed by atoms with Gasteiger partial charge in [0.05, 0.1) is 11.9 Å². The third kappa shape index (κ3) is 7.75. The fourth-order valence-corrected chi connectivity index (χ4v) is 6.85. The van der Waals surface area contributed by atoms with E-state index in [4.69, 9.17) is 11.6 Å². The first-order valence-electron chi connectivity index (χ1n) is 14.5. The van der Waals surface area contributed by atoms with Crippen LogP contribution in [0.4, 0.5) is 5.69 Å². The number of fused-ring (bicyclic) bond motifs is 1. The first kappa shape index (κ1) is 30.6. The predicted molar refractivity (Wildman–Crippen MR) is 172 cm³/mol. The molecule has 0 spiro atoms. The third-order valence-electron chi connectivity index (χ3n) is 7.93. The van der Waals surface area contributed by atoms with Crippen molar-refractivity contribution in [3.05, 3.63) is 113 Å². The second-order valence-corrected chi connectivity index (χ2v) is 13.5. The van der Waals surface area contributed by atoms with Gasteiger partial charge in [0, 0.05) is 29.4 Å². The van der Waals surface area contributed by atoms with Gasteiger partial charge in [-0.2, -0.15) is 0 Å². The Morgan fingerprint density at radius 2 is 1.53 bits per heavy atom. The van der Waals surface area contributed by atoms with Crippen molar-refractivity contribution in [1.29, 1.82) is 0 Å². The molecule has 1 aliphatic carbocycles. The second kappa shape index (κ2) is 13.6. The van der Waals surface area contributed by atoms with E-state index in [1.165, 1.54) is 4.90 Å². The summed E-state index contributed by atoms with van der Waals surface area (Å²) in [6.45, 7) is -0.377. The van der Waals surface area contributed by atoms with Crippen molar-refractivity contribution < 1.29 is 18.0 Å². The molecule has 7 nitrogen and oxygen atoms in total. The molecule has 0 aliphatic heterocycles. The van der Waals surface area contributed by atoms with Gasteiger partial charge in [-0.25, -0.2) is 8.42 Å². The normalized spacial score (nSPS) is 14.4. The van der Waals surface area contributed by atoms with Crippen LogP contribution in [0.3, 0.4) is 0 Å². The number of carbonyl (C=O) groups excluding carboxylic acids is 2. The van der Waals surface area contributed by atoms with E-state index in [1.807, 2.05) is 66.7 Å². The minimum atomic E-state index is -3.88. The second-order valence-electron chi connectivity index (χ2n) is 11.1. The Bertz CT molecular complexity index is 1690. The van der Waals surface area contributed by atoms with Crippen LogP contribution in [0.2, 0.25) is 5.02 Å². The maximum absolute atomic E-state index is 14.4. The minimum Gasteiger partial charge on any atom is -0.352 e. The molecule has 224 valence electrons. The predicted octanol–water partition coefficient (Wildman–Crippen LogP) is 5.96. The molecule has 0 bridgehead atoms. The third-order valence-corrected chi connectivity index (χ3v) is 9.29. The largest absolute Gasteiger partial charge is 0.352 e. The van der Waals surface area contributed by atoms with Gasteiger partial charge in [0.1, 0.15) is 12.6 Å². The average molecular weight is 618 g/mol.